The highest BCUT2D eigenvalue weighted by atomic mass is 79.9. The molecule has 3 rings (SSSR count). The van der Waals surface area contributed by atoms with E-state index in [-0.39, 0.29) is 12.1 Å². The smallest absolute Gasteiger partial charge is 0.407 e. The van der Waals surface area contributed by atoms with Crippen molar-refractivity contribution in [2.24, 2.45) is 0 Å². The Kier molecular flexibility index (Phi) is 5.53. The Balaban J connectivity index is 1.39. The van der Waals surface area contributed by atoms with Gasteiger partial charge in [-0.05, 0) is 61.7 Å². The zero-order valence-corrected chi connectivity index (χ0v) is 16.8. The lowest BCUT2D eigenvalue weighted by Crippen LogP contribution is -2.62. The van der Waals surface area contributed by atoms with Crippen LogP contribution >= 0.6 is 15.9 Å². The number of hydrogen-bond acceptors (Lipinski definition) is 5. The molecule has 2 fully saturated rings. The number of nitrogens with one attached hydrogen (secondary N) is 1. The number of ether oxygens (including phenoxy) is 1. The van der Waals surface area contributed by atoms with Gasteiger partial charge >= 0.3 is 6.09 Å². The van der Waals surface area contributed by atoms with Crippen molar-refractivity contribution in [3.8, 4) is 0 Å². The van der Waals surface area contributed by atoms with Gasteiger partial charge in [0.15, 0.2) is 0 Å². The zero-order valence-electron chi connectivity index (χ0n) is 15.2. The fourth-order valence-electron chi connectivity index (χ4n) is 3.34. The van der Waals surface area contributed by atoms with E-state index in [0.717, 1.165) is 43.6 Å². The van der Waals surface area contributed by atoms with Crippen LogP contribution in [-0.4, -0.2) is 59.8 Å². The summed E-state index contributed by atoms with van der Waals surface area (Å²) < 4.78 is 6.21. The molecule has 1 amide bonds. The highest BCUT2D eigenvalue weighted by Crippen LogP contribution is 2.26. The van der Waals surface area contributed by atoms with E-state index in [1.54, 1.807) is 0 Å². The van der Waals surface area contributed by atoms with Crippen LogP contribution in [0.4, 0.5) is 10.5 Å². The van der Waals surface area contributed by atoms with E-state index in [1.807, 2.05) is 33.0 Å². The summed E-state index contributed by atoms with van der Waals surface area (Å²) in [6.07, 6.45) is 3.58. The Morgan fingerprint density at radius 2 is 1.96 bits per heavy atom. The van der Waals surface area contributed by atoms with Crippen LogP contribution in [0.2, 0.25) is 0 Å². The molecule has 3 heterocycles. The molecule has 0 atom stereocenters. The Hall–Kier alpha value is -1.34. The lowest BCUT2D eigenvalue weighted by atomic mass is 9.99. The topological polar surface area (TPSA) is 57.7 Å². The molecule has 25 heavy (non-hydrogen) atoms. The Morgan fingerprint density at radius 1 is 1.28 bits per heavy atom. The number of likely N-dealkylation sites (tertiary alicyclic amines) is 1. The van der Waals surface area contributed by atoms with Crippen molar-refractivity contribution in [3.05, 3.63) is 22.9 Å². The van der Waals surface area contributed by atoms with E-state index < -0.39 is 5.60 Å². The highest BCUT2D eigenvalue weighted by Gasteiger charge is 2.34. The summed E-state index contributed by atoms with van der Waals surface area (Å²) in [6, 6.07) is 4.91. The number of anilines is 1. The molecular formula is C18H27BrN4O2. The molecule has 138 valence electrons. The normalized spacial score (nSPS) is 20.2. The first-order valence-electron chi connectivity index (χ1n) is 8.90. The van der Waals surface area contributed by atoms with Gasteiger partial charge in [0.2, 0.25) is 0 Å². The number of carbonyl (C=O) groups is 1. The third-order valence-corrected chi connectivity index (χ3v) is 5.18. The summed E-state index contributed by atoms with van der Waals surface area (Å²) in [4.78, 5) is 21.1. The number of piperidine rings is 1. The second-order valence-electron chi connectivity index (χ2n) is 7.85. The van der Waals surface area contributed by atoms with E-state index in [2.05, 4.69) is 42.1 Å². The number of aromatic nitrogens is 1. The van der Waals surface area contributed by atoms with Gasteiger partial charge in [-0.15, -0.1) is 0 Å². The van der Waals surface area contributed by atoms with Crippen molar-refractivity contribution >= 4 is 27.7 Å². The van der Waals surface area contributed by atoms with Gasteiger partial charge in [0.25, 0.3) is 0 Å². The SMILES string of the molecule is CC(C)(C)OC(=O)NC1CCN(C2CN(c3ccc(Br)nc3)C2)CC1. The summed E-state index contributed by atoms with van der Waals surface area (Å²) in [5.74, 6) is 0. The van der Waals surface area contributed by atoms with Gasteiger partial charge in [-0.1, -0.05) is 0 Å². The standard InChI is InChI=1S/C18H27BrN4O2/c1-18(2,3)25-17(24)21-13-6-8-22(9-7-13)15-11-23(12-15)14-4-5-16(19)20-10-14/h4-5,10,13,15H,6-9,11-12H2,1-3H3,(H,21,24). The van der Waals surface area contributed by atoms with Crippen LogP contribution in [0.25, 0.3) is 0 Å². The fraction of sp³-hybridized carbons (Fsp3) is 0.667. The van der Waals surface area contributed by atoms with Crippen molar-refractivity contribution in [2.75, 3.05) is 31.1 Å². The average molecular weight is 411 g/mol. The molecule has 1 aromatic heterocycles. The number of carbonyl (C=O) groups excluding carboxylic acids is 1. The molecular weight excluding hydrogens is 384 g/mol. The lowest BCUT2D eigenvalue weighted by Gasteiger charge is -2.48. The van der Waals surface area contributed by atoms with Gasteiger partial charge in [-0.2, -0.15) is 0 Å². The molecule has 1 N–H and O–H groups in total. The lowest BCUT2D eigenvalue weighted by molar-refractivity contribution is 0.0462. The molecule has 2 saturated heterocycles. The molecule has 0 aromatic carbocycles. The second kappa shape index (κ2) is 7.50. The monoisotopic (exact) mass is 410 g/mol. The van der Waals surface area contributed by atoms with Crippen molar-refractivity contribution in [1.82, 2.24) is 15.2 Å². The summed E-state index contributed by atoms with van der Waals surface area (Å²) in [6.45, 7) is 9.81. The number of hydrogen-bond donors (Lipinski definition) is 1. The summed E-state index contributed by atoms with van der Waals surface area (Å²) >= 11 is 3.37. The number of rotatable bonds is 3. The number of amides is 1. The van der Waals surface area contributed by atoms with Crippen LogP contribution in [0, 0.1) is 0 Å². The van der Waals surface area contributed by atoms with E-state index in [1.165, 1.54) is 5.69 Å². The minimum Gasteiger partial charge on any atom is -0.444 e. The van der Waals surface area contributed by atoms with Gasteiger partial charge in [-0.25, -0.2) is 9.78 Å². The van der Waals surface area contributed by atoms with Crippen LogP contribution in [0.1, 0.15) is 33.6 Å². The van der Waals surface area contributed by atoms with Gasteiger partial charge in [-0.3, -0.25) is 4.90 Å². The molecule has 2 aliphatic heterocycles. The Bertz CT molecular complexity index is 588. The molecule has 0 spiro atoms. The predicted molar refractivity (Wildman–Crippen MR) is 102 cm³/mol. The minimum absolute atomic E-state index is 0.220. The number of halogens is 1. The maximum Gasteiger partial charge on any atom is 0.407 e. The average Bonchev–Trinajstić information content (AvgIpc) is 2.47. The molecule has 0 bridgehead atoms. The highest BCUT2D eigenvalue weighted by molar-refractivity contribution is 9.10. The van der Waals surface area contributed by atoms with Gasteiger partial charge in [0, 0.05) is 38.3 Å². The van der Waals surface area contributed by atoms with Crippen molar-refractivity contribution in [2.45, 2.75) is 51.3 Å². The third-order valence-electron chi connectivity index (χ3n) is 4.71. The summed E-state index contributed by atoms with van der Waals surface area (Å²) in [7, 11) is 0. The molecule has 0 saturated carbocycles. The third kappa shape index (κ3) is 5.07. The van der Waals surface area contributed by atoms with Gasteiger partial charge < -0.3 is 15.0 Å². The van der Waals surface area contributed by atoms with Crippen LogP contribution in [0.3, 0.4) is 0 Å². The molecule has 6 nitrogen and oxygen atoms in total. The largest absolute Gasteiger partial charge is 0.444 e. The summed E-state index contributed by atoms with van der Waals surface area (Å²) in [5, 5.41) is 3.00. The number of alkyl carbamates (subject to hydrolysis) is 1. The first kappa shape index (κ1) is 18.5. The van der Waals surface area contributed by atoms with E-state index in [4.69, 9.17) is 4.74 Å². The molecule has 0 aliphatic carbocycles. The van der Waals surface area contributed by atoms with Crippen LogP contribution in [0.15, 0.2) is 22.9 Å². The maximum absolute atomic E-state index is 11.9. The molecule has 7 heteroatoms. The van der Waals surface area contributed by atoms with E-state index in [9.17, 15) is 4.79 Å². The number of nitrogens with zero attached hydrogens (tertiary/aromatic N) is 3. The molecule has 2 aliphatic rings. The Labute approximate surface area is 158 Å². The second-order valence-corrected chi connectivity index (χ2v) is 8.67. The Morgan fingerprint density at radius 3 is 2.52 bits per heavy atom. The van der Waals surface area contributed by atoms with Crippen LogP contribution in [-0.2, 0) is 4.74 Å². The molecule has 1 aromatic rings. The van der Waals surface area contributed by atoms with Crippen LogP contribution < -0.4 is 10.2 Å². The molecule has 0 unspecified atom stereocenters. The van der Waals surface area contributed by atoms with Crippen molar-refractivity contribution in [1.29, 1.82) is 0 Å². The van der Waals surface area contributed by atoms with Crippen molar-refractivity contribution in [3.63, 3.8) is 0 Å². The van der Waals surface area contributed by atoms with Crippen LogP contribution in [0.5, 0.6) is 0 Å². The van der Waals surface area contributed by atoms with Gasteiger partial charge in [0.05, 0.1) is 11.9 Å². The van der Waals surface area contributed by atoms with E-state index in [0.29, 0.717) is 6.04 Å². The van der Waals surface area contributed by atoms with E-state index >= 15 is 0 Å². The fourth-order valence-corrected chi connectivity index (χ4v) is 3.57. The minimum atomic E-state index is -0.442. The summed E-state index contributed by atoms with van der Waals surface area (Å²) in [5.41, 5.74) is 0.739. The maximum atomic E-state index is 11.9. The van der Waals surface area contributed by atoms with Crippen molar-refractivity contribution < 1.29 is 9.53 Å². The first-order chi connectivity index (χ1) is 11.8. The van der Waals surface area contributed by atoms with Gasteiger partial charge in [0.1, 0.15) is 10.2 Å². The number of pyridine rings is 1. The predicted octanol–water partition coefficient (Wildman–Crippen LogP) is 3.02. The molecule has 0 radical (unpaired) electrons. The zero-order chi connectivity index (χ0) is 18.0. The quantitative estimate of drug-likeness (QED) is 0.775. The first-order valence-corrected chi connectivity index (χ1v) is 9.69.